The standard InChI is InChI=1S/C22H28N6O3S2/c29-18-5-3-14(4-6-18)25-22-26-16(11-20-28-19-2-1-8-23-21(19)32-20)10-17(27-22)12-24-15-7-9-33(30,31)13-15/h1-2,8,10,14-15,18,24,29H,3-7,9,11-13H2,(H,25,26,27). The van der Waals surface area contributed by atoms with Gasteiger partial charge < -0.3 is 15.7 Å². The van der Waals surface area contributed by atoms with Crippen molar-refractivity contribution in [1.29, 1.82) is 0 Å². The molecule has 11 heteroatoms. The Bertz CT molecular complexity index is 1190. The fourth-order valence-corrected chi connectivity index (χ4v) is 7.08. The zero-order chi connectivity index (χ0) is 22.8. The van der Waals surface area contributed by atoms with E-state index in [9.17, 15) is 13.5 Å². The van der Waals surface area contributed by atoms with E-state index in [1.807, 2.05) is 18.2 Å². The molecule has 1 unspecified atom stereocenters. The number of aliphatic hydroxyl groups is 1. The highest BCUT2D eigenvalue weighted by Crippen LogP contribution is 2.24. The summed E-state index contributed by atoms with van der Waals surface area (Å²) in [6.45, 7) is 0.481. The van der Waals surface area contributed by atoms with Gasteiger partial charge in [-0.15, -0.1) is 0 Å². The van der Waals surface area contributed by atoms with Gasteiger partial charge in [0.2, 0.25) is 5.95 Å². The van der Waals surface area contributed by atoms with Crippen molar-refractivity contribution in [1.82, 2.24) is 25.3 Å². The van der Waals surface area contributed by atoms with Gasteiger partial charge in [0.15, 0.2) is 9.84 Å². The lowest BCUT2D eigenvalue weighted by molar-refractivity contribution is 0.126. The molecule has 0 amide bonds. The Hall–Kier alpha value is -2.21. The van der Waals surface area contributed by atoms with E-state index in [1.165, 1.54) is 0 Å². The Kier molecular flexibility index (Phi) is 6.55. The summed E-state index contributed by atoms with van der Waals surface area (Å²) < 4.78 is 23.6. The molecule has 0 spiro atoms. The number of anilines is 1. The normalized spacial score (nSPS) is 24.8. The summed E-state index contributed by atoms with van der Waals surface area (Å²) in [6.07, 6.45) is 6.08. The van der Waals surface area contributed by atoms with Crippen LogP contribution in [0, 0.1) is 0 Å². The summed E-state index contributed by atoms with van der Waals surface area (Å²) in [5.41, 5.74) is 2.56. The molecular weight excluding hydrogens is 460 g/mol. The molecule has 0 radical (unpaired) electrons. The van der Waals surface area contributed by atoms with Crippen molar-refractivity contribution in [3.05, 3.63) is 40.8 Å². The molecule has 3 aromatic heterocycles. The van der Waals surface area contributed by atoms with E-state index in [-0.39, 0.29) is 29.7 Å². The van der Waals surface area contributed by atoms with E-state index in [2.05, 4.69) is 20.6 Å². The lowest BCUT2D eigenvalue weighted by Gasteiger charge is -2.26. The molecule has 5 rings (SSSR count). The highest BCUT2D eigenvalue weighted by atomic mass is 32.2. The summed E-state index contributed by atoms with van der Waals surface area (Å²) in [5.74, 6) is 0.995. The van der Waals surface area contributed by atoms with Crippen LogP contribution in [0.5, 0.6) is 0 Å². The number of fused-ring (bicyclic) bond motifs is 1. The first-order valence-electron chi connectivity index (χ1n) is 11.4. The highest BCUT2D eigenvalue weighted by molar-refractivity contribution is 7.91. The number of hydrogen-bond donors (Lipinski definition) is 3. The van der Waals surface area contributed by atoms with Gasteiger partial charge in [0.25, 0.3) is 0 Å². The molecule has 3 N–H and O–H groups in total. The zero-order valence-corrected chi connectivity index (χ0v) is 19.9. The van der Waals surface area contributed by atoms with Crippen LogP contribution in [0.15, 0.2) is 24.4 Å². The van der Waals surface area contributed by atoms with Crippen molar-refractivity contribution < 1.29 is 13.5 Å². The van der Waals surface area contributed by atoms with E-state index in [0.717, 1.165) is 52.4 Å². The average molecular weight is 489 g/mol. The minimum absolute atomic E-state index is 0.0417. The monoisotopic (exact) mass is 488 g/mol. The Morgan fingerprint density at radius 1 is 1.06 bits per heavy atom. The van der Waals surface area contributed by atoms with Crippen molar-refractivity contribution >= 4 is 37.5 Å². The van der Waals surface area contributed by atoms with E-state index in [0.29, 0.717) is 25.3 Å². The molecule has 0 aromatic carbocycles. The maximum absolute atomic E-state index is 11.8. The predicted molar refractivity (Wildman–Crippen MR) is 128 cm³/mol. The summed E-state index contributed by atoms with van der Waals surface area (Å²) in [5, 5.41) is 17.5. The lowest BCUT2D eigenvalue weighted by Crippen LogP contribution is -2.31. The van der Waals surface area contributed by atoms with Gasteiger partial charge in [-0.1, -0.05) is 11.3 Å². The third-order valence-corrected chi connectivity index (χ3v) is 8.96. The number of nitrogens with zero attached hydrogens (tertiary/aromatic N) is 4. The highest BCUT2D eigenvalue weighted by Gasteiger charge is 2.27. The van der Waals surface area contributed by atoms with Crippen LogP contribution >= 0.6 is 11.3 Å². The zero-order valence-electron chi connectivity index (χ0n) is 18.3. The van der Waals surface area contributed by atoms with Crippen LogP contribution in [0.25, 0.3) is 10.3 Å². The first kappa shape index (κ1) is 22.6. The Morgan fingerprint density at radius 3 is 2.64 bits per heavy atom. The molecule has 2 aliphatic rings. The first-order valence-corrected chi connectivity index (χ1v) is 14.0. The number of sulfone groups is 1. The molecule has 1 saturated carbocycles. The fourth-order valence-electron chi connectivity index (χ4n) is 4.45. The van der Waals surface area contributed by atoms with Crippen molar-refractivity contribution in [2.75, 3.05) is 16.8 Å². The molecular formula is C22H28N6O3S2. The number of rotatable bonds is 7. The molecule has 2 fully saturated rings. The molecule has 1 saturated heterocycles. The number of pyridine rings is 1. The summed E-state index contributed by atoms with van der Waals surface area (Å²) >= 11 is 1.56. The number of aromatic nitrogens is 4. The minimum Gasteiger partial charge on any atom is -0.393 e. The summed E-state index contributed by atoms with van der Waals surface area (Å²) in [6, 6.07) is 5.99. The van der Waals surface area contributed by atoms with Crippen LogP contribution in [-0.2, 0) is 22.8 Å². The van der Waals surface area contributed by atoms with Crippen LogP contribution in [0.2, 0.25) is 0 Å². The second kappa shape index (κ2) is 9.57. The minimum atomic E-state index is -2.93. The van der Waals surface area contributed by atoms with E-state index < -0.39 is 9.84 Å². The van der Waals surface area contributed by atoms with Crippen molar-refractivity contribution in [2.24, 2.45) is 0 Å². The van der Waals surface area contributed by atoms with Gasteiger partial charge in [-0.3, -0.25) is 0 Å². The smallest absolute Gasteiger partial charge is 0.223 e. The van der Waals surface area contributed by atoms with E-state index in [1.54, 1.807) is 17.5 Å². The van der Waals surface area contributed by atoms with Crippen LogP contribution in [-0.4, -0.2) is 63.2 Å². The quantitative estimate of drug-likeness (QED) is 0.457. The molecule has 176 valence electrons. The van der Waals surface area contributed by atoms with Crippen molar-refractivity contribution in [3.63, 3.8) is 0 Å². The van der Waals surface area contributed by atoms with Crippen molar-refractivity contribution in [3.8, 4) is 0 Å². The Balaban J connectivity index is 1.34. The third kappa shape index (κ3) is 5.84. The number of thiazole rings is 1. The fraction of sp³-hybridized carbons (Fsp3) is 0.545. The van der Waals surface area contributed by atoms with Gasteiger partial charge in [-0.05, 0) is 50.3 Å². The van der Waals surface area contributed by atoms with Gasteiger partial charge in [0.05, 0.1) is 29.0 Å². The second-order valence-electron chi connectivity index (χ2n) is 8.92. The van der Waals surface area contributed by atoms with Gasteiger partial charge in [0.1, 0.15) is 15.4 Å². The number of hydrogen-bond acceptors (Lipinski definition) is 10. The van der Waals surface area contributed by atoms with E-state index >= 15 is 0 Å². The third-order valence-electron chi connectivity index (χ3n) is 6.21. The lowest BCUT2D eigenvalue weighted by atomic mass is 9.93. The summed E-state index contributed by atoms with van der Waals surface area (Å²) in [7, 11) is -2.93. The van der Waals surface area contributed by atoms with Gasteiger partial charge in [-0.25, -0.2) is 28.4 Å². The molecule has 0 bridgehead atoms. The second-order valence-corrected chi connectivity index (χ2v) is 12.2. The molecule has 3 aromatic rings. The van der Waals surface area contributed by atoms with Crippen LogP contribution in [0.3, 0.4) is 0 Å². The topological polar surface area (TPSA) is 130 Å². The predicted octanol–water partition coefficient (Wildman–Crippen LogP) is 2.06. The van der Waals surface area contributed by atoms with Crippen LogP contribution in [0.4, 0.5) is 5.95 Å². The first-order chi connectivity index (χ1) is 15.9. The molecule has 1 aliphatic carbocycles. The molecule has 4 heterocycles. The average Bonchev–Trinajstić information content (AvgIpc) is 3.35. The molecule has 1 aliphatic heterocycles. The largest absolute Gasteiger partial charge is 0.393 e. The molecule has 1 atom stereocenters. The molecule has 9 nitrogen and oxygen atoms in total. The summed E-state index contributed by atoms with van der Waals surface area (Å²) in [4.78, 5) is 19.4. The van der Waals surface area contributed by atoms with Gasteiger partial charge in [-0.2, -0.15) is 0 Å². The number of aliphatic hydroxyl groups excluding tert-OH is 1. The number of nitrogens with one attached hydrogen (secondary N) is 2. The van der Waals surface area contributed by atoms with Crippen LogP contribution in [0.1, 0.15) is 48.5 Å². The maximum atomic E-state index is 11.8. The SMILES string of the molecule is O=S1(=O)CCC(NCc2cc(Cc3nc4cccnc4s3)nc(NC3CCC(O)CC3)n2)C1. The van der Waals surface area contributed by atoms with Gasteiger partial charge >= 0.3 is 0 Å². The van der Waals surface area contributed by atoms with Gasteiger partial charge in [0, 0.05) is 31.2 Å². The maximum Gasteiger partial charge on any atom is 0.223 e. The molecule has 33 heavy (non-hydrogen) atoms. The Labute approximate surface area is 197 Å². The Morgan fingerprint density at radius 2 is 1.88 bits per heavy atom. The van der Waals surface area contributed by atoms with Crippen LogP contribution < -0.4 is 10.6 Å². The van der Waals surface area contributed by atoms with Crippen molar-refractivity contribution in [2.45, 2.75) is 63.3 Å². The van der Waals surface area contributed by atoms with E-state index in [4.69, 9.17) is 9.97 Å².